The molecule has 0 radical (unpaired) electrons. The van der Waals surface area contributed by atoms with Crippen LogP contribution in [-0.2, 0) is 5.54 Å². The van der Waals surface area contributed by atoms with Crippen LogP contribution in [0.4, 0.5) is 10.5 Å². The van der Waals surface area contributed by atoms with Gasteiger partial charge in [-0.1, -0.05) is 42.8 Å². The second-order valence-corrected chi connectivity index (χ2v) is 7.96. The Labute approximate surface area is 170 Å². The van der Waals surface area contributed by atoms with E-state index in [-0.39, 0.29) is 6.03 Å². The minimum atomic E-state index is -0.611. The Kier molecular flexibility index (Phi) is 5.29. The highest BCUT2D eigenvalue weighted by molar-refractivity contribution is 5.89. The number of rotatable bonds is 4. The molecule has 2 aromatic carbocycles. The van der Waals surface area contributed by atoms with Crippen LogP contribution >= 0.6 is 0 Å². The van der Waals surface area contributed by atoms with Gasteiger partial charge in [-0.15, -0.1) is 5.10 Å². The van der Waals surface area contributed by atoms with Crippen LogP contribution in [0.2, 0.25) is 0 Å². The summed E-state index contributed by atoms with van der Waals surface area (Å²) < 4.78 is 1.75. The quantitative estimate of drug-likeness (QED) is 0.699. The van der Waals surface area contributed by atoms with E-state index in [0.717, 1.165) is 37.1 Å². The van der Waals surface area contributed by atoms with Gasteiger partial charge in [0.15, 0.2) is 5.82 Å². The molecule has 7 nitrogen and oxygen atoms in total. The fourth-order valence-electron chi connectivity index (χ4n) is 3.91. The topological polar surface area (TPSA) is 84.7 Å². The van der Waals surface area contributed by atoms with Crippen molar-refractivity contribution in [2.45, 2.75) is 45.1 Å². The van der Waals surface area contributed by atoms with Crippen molar-refractivity contribution in [2.75, 3.05) is 5.32 Å². The molecule has 0 saturated heterocycles. The Bertz CT molecular complexity index is 958. The zero-order valence-electron chi connectivity index (χ0n) is 16.8. The normalized spacial score (nSPS) is 21.5. The first-order chi connectivity index (χ1) is 14.1. The second kappa shape index (κ2) is 8.03. The first-order valence-corrected chi connectivity index (χ1v) is 10.1. The van der Waals surface area contributed by atoms with Gasteiger partial charge in [-0.2, -0.15) is 4.68 Å². The number of hydrogen-bond acceptors (Lipinski definition) is 4. The SMILES string of the molecule is Cc1ccc(-n2nnnc2C2(NC(=O)Nc3ccccc3)CCC(C)CC2)cc1. The number of carbonyl (C=O) groups excluding carboxylic acids is 1. The minimum Gasteiger partial charge on any atom is -0.325 e. The number of tetrazole rings is 1. The van der Waals surface area contributed by atoms with E-state index in [2.05, 4.69) is 33.1 Å². The van der Waals surface area contributed by atoms with Crippen molar-refractivity contribution in [3.8, 4) is 5.69 Å². The molecule has 0 spiro atoms. The molecule has 1 aliphatic rings. The first-order valence-electron chi connectivity index (χ1n) is 10.1. The smallest absolute Gasteiger partial charge is 0.320 e. The molecular weight excluding hydrogens is 364 g/mol. The third kappa shape index (κ3) is 4.13. The molecule has 1 saturated carbocycles. The summed E-state index contributed by atoms with van der Waals surface area (Å²) in [5.74, 6) is 1.29. The van der Waals surface area contributed by atoms with E-state index in [1.165, 1.54) is 5.56 Å². The van der Waals surface area contributed by atoms with E-state index >= 15 is 0 Å². The number of benzene rings is 2. The maximum Gasteiger partial charge on any atom is 0.320 e. The lowest BCUT2D eigenvalue weighted by Crippen LogP contribution is -2.51. The van der Waals surface area contributed by atoms with E-state index in [0.29, 0.717) is 11.7 Å². The van der Waals surface area contributed by atoms with Gasteiger partial charge in [0.1, 0.15) is 5.54 Å². The minimum absolute atomic E-state index is 0.246. The summed E-state index contributed by atoms with van der Waals surface area (Å²) in [5.41, 5.74) is 2.20. The summed E-state index contributed by atoms with van der Waals surface area (Å²) >= 11 is 0. The molecule has 1 heterocycles. The Hall–Kier alpha value is -3.22. The predicted molar refractivity (Wildman–Crippen MR) is 112 cm³/mol. The standard InChI is InChI=1S/C22H26N6O/c1-16-8-10-19(11-9-16)28-20(25-26-27-28)22(14-12-17(2)13-15-22)24-21(29)23-18-6-4-3-5-7-18/h3-11,17H,12-15H2,1-2H3,(H2,23,24,29). The van der Waals surface area contributed by atoms with E-state index in [1.54, 1.807) is 4.68 Å². The van der Waals surface area contributed by atoms with E-state index in [9.17, 15) is 4.79 Å². The number of urea groups is 1. The average Bonchev–Trinajstić information content (AvgIpc) is 3.22. The Morgan fingerprint density at radius 1 is 1.07 bits per heavy atom. The number of para-hydroxylation sites is 1. The number of aromatic nitrogens is 4. The molecule has 4 rings (SSSR count). The van der Waals surface area contributed by atoms with Crippen LogP contribution in [0.25, 0.3) is 5.69 Å². The van der Waals surface area contributed by atoms with Crippen molar-refractivity contribution >= 4 is 11.7 Å². The molecule has 2 N–H and O–H groups in total. The number of anilines is 1. The van der Waals surface area contributed by atoms with Crippen molar-refractivity contribution in [3.05, 3.63) is 66.0 Å². The van der Waals surface area contributed by atoms with E-state index in [4.69, 9.17) is 0 Å². The van der Waals surface area contributed by atoms with Crippen molar-refractivity contribution < 1.29 is 4.79 Å². The maximum absolute atomic E-state index is 12.9. The maximum atomic E-state index is 12.9. The van der Waals surface area contributed by atoms with Gasteiger partial charge in [0.2, 0.25) is 0 Å². The molecule has 2 amide bonds. The van der Waals surface area contributed by atoms with Gasteiger partial charge in [-0.05, 0) is 73.2 Å². The molecule has 3 aromatic rings. The van der Waals surface area contributed by atoms with Gasteiger partial charge in [0.05, 0.1) is 5.69 Å². The molecule has 0 bridgehead atoms. The highest BCUT2D eigenvalue weighted by atomic mass is 16.2. The van der Waals surface area contributed by atoms with Crippen molar-refractivity contribution in [2.24, 2.45) is 5.92 Å². The summed E-state index contributed by atoms with van der Waals surface area (Å²) in [6, 6.07) is 17.3. The molecule has 1 fully saturated rings. The number of carbonyl (C=O) groups is 1. The van der Waals surface area contributed by atoms with Gasteiger partial charge < -0.3 is 10.6 Å². The highest BCUT2D eigenvalue weighted by Gasteiger charge is 2.42. The van der Waals surface area contributed by atoms with Crippen LogP contribution in [-0.4, -0.2) is 26.2 Å². The molecule has 1 aliphatic carbocycles. The van der Waals surface area contributed by atoms with Gasteiger partial charge in [0.25, 0.3) is 0 Å². The summed E-state index contributed by atoms with van der Waals surface area (Å²) in [4.78, 5) is 12.9. The van der Waals surface area contributed by atoms with Crippen molar-refractivity contribution in [1.29, 1.82) is 0 Å². The predicted octanol–water partition coefficient (Wildman–Crippen LogP) is 4.20. The Balaban J connectivity index is 1.65. The van der Waals surface area contributed by atoms with Crippen molar-refractivity contribution in [3.63, 3.8) is 0 Å². The number of hydrogen-bond donors (Lipinski definition) is 2. The average molecular weight is 390 g/mol. The lowest BCUT2D eigenvalue weighted by molar-refractivity contribution is 0.182. The summed E-state index contributed by atoms with van der Waals surface area (Å²) in [6.45, 7) is 4.29. The van der Waals surface area contributed by atoms with E-state index < -0.39 is 5.54 Å². The lowest BCUT2D eigenvalue weighted by Gasteiger charge is -2.38. The van der Waals surface area contributed by atoms with Gasteiger partial charge in [-0.3, -0.25) is 0 Å². The third-order valence-corrected chi connectivity index (χ3v) is 5.69. The zero-order chi connectivity index (χ0) is 20.3. The molecule has 150 valence electrons. The highest BCUT2D eigenvalue weighted by Crippen LogP contribution is 2.39. The van der Waals surface area contributed by atoms with Crippen LogP contribution in [0.1, 0.15) is 44.0 Å². The summed E-state index contributed by atoms with van der Waals surface area (Å²) in [7, 11) is 0. The summed E-state index contributed by atoms with van der Waals surface area (Å²) in [5, 5.41) is 18.7. The zero-order valence-corrected chi connectivity index (χ0v) is 16.8. The molecule has 29 heavy (non-hydrogen) atoms. The summed E-state index contributed by atoms with van der Waals surface area (Å²) in [6.07, 6.45) is 3.60. The largest absolute Gasteiger partial charge is 0.325 e. The van der Waals surface area contributed by atoms with E-state index in [1.807, 2.05) is 61.5 Å². The van der Waals surface area contributed by atoms with Crippen molar-refractivity contribution in [1.82, 2.24) is 25.5 Å². The van der Waals surface area contributed by atoms with Gasteiger partial charge in [-0.25, -0.2) is 4.79 Å². The monoisotopic (exact) mass is 390 g/mol. The Morgan fingerprint density at radius 3 is 2.45 bits per heavy atom. The fraction of sp³-hybridized carbons (Fsp3) is 0.364. The van der Waals surface area contributed by atoms with Crippen LogP contribution in [0, 0.1) is 12.8 Å². The third-order valence-electron chi connectivity index (χ3n) is 5.69. The second-order valence-electron chi connectivity index (χ2n) is 7.96. The molecule has 0 unspecified atom stereocenters. The number of nitrogens with one attached hydrogen (secondary N) is 2. The molecule has 7 heteroatoms. The molecular formula is C22H26N6O. The van der Waals surface area contributed by atoms with Crippen LogP contribution in [0.15, 0.2) is 54.6 Å². The number of nitrogens with zero attached hydrogens (tertiary/aromatic N) is 4. The Morgan fingerprint density at radius 2 is 1.76 bits per heavy atom. The van der Waals surface area contributed by atoms with Gasteiger partial charge >= 0.3 is 6.03 Å². The molecule has 0 aliphatic heterocycles. The fourth-order valence-corrected chi connectivity index (χ4v) is 3.91. The number of aryl methyl sites for hydroxylation is 1. The molecule has 1 aromatic heterocycles. The van der Waals surface area contributed by atoms with Crippen LogP contribution in [0.5, 0.6) is 0 Å². The van der Waals surface area contributed by atoms with Crippen LogP contribution in [0.3, 0.4) is 0 Å². The van der Waals surface area contributed by atoms with Gasteiger partial charge in [0, 0.05) is 5.69 Å². The number of amides is 2. The first kappa shape index (κ1) is 19.1. The lowest BCUT2D eigenvalue weighted by atomic mass is 9.76. The van der Waals surface area contributed by atoms with Crippen LogP contribution < -0.4 is 10.6 Å². The molecule has 0 atom stereocenters.